The number of likely N-dealkylation sites (tertiary alicyclic amines) is 1. The zero-order valence-electron chi connectivity index (χ0n) is 15.9. The van der Waals surface area contributed by atoms with E-state index >= 15 is 0 Å². The van der Waals surface area contributed by atoms with E-state index < -0.39 is 0 Å². The normalized spacial score (nSPS) is 18.7. The molecule has 4 rings (SSSR count). The molecule has 150 valence electrons. The van der Waals surface area contributed by atoms with Crippen LogP contribution in [0.3, 0.4) is 0 Å². The molecule has 28 heavy (non-hydrogen) atoms. The number of anilines is 3. The Morgan fingerprint density at radius 3 is 2.75 bits per heavy atom. The molecule has 0 radical (unpaired) electrons. The van der Waals surface area contributed by atoms with Crippen molar-refractivity contribution < 1.29 is 9.13 Å². The summed E-state index contributed by atoms with van der Waals surface area (Å²) in [6, 6.07) is 5.28. The van der Waals surface area contributed by atoms with Crippen molar-refractivity contribution in [2.75, 3.05) is 50.5 Å². The van der Waals surface area contributed by atoms with Gasteiger partial charge in [-0.1, -0.05) is 17.7 Å². The summed E-state index contributed by atoms with van der Waals surface area (Å²) in [7, 11) is 2.11. The second-order valence-electron chi connectivity index (χ2n) is 7.61. The first-order chi connectivity index (χ1) is 13.6. The predicted octanol–water partition coefficient (Wildman–Crippen LogP) is 3.88. The van der Waals surface area contributed by atoms with Gasteiger partial charge < -0.3 is 20.3 Å². The van der Waals surface area contributed by atoms with E-state index in [1.807, 2.05) is 12.1 Å². The van der Waals surface area contributed by atoms with Crippen LogP contribution in [0.2, 0.25) is 5.02 Å². The van der Waals surface area contributed by atoms with E-state index in [1.165, 1.54) is 6.07 Å². The van der Waals surface area contributed by atoms with Crippen molar-refractivity contribution in [1.82, 2.24) is 14.9 Å². The molecular formula is C20H25ClFN5O. The van der Waals surface area contributed by atoms with Gasteiger partial charge in [-0.05, 0) is 56.6 Å². The molecule has 2 N–H and O–H groups in total. The Morgan fingerprint density at radius 2 is 2.07 bits per heavy atom. The van der Waals surface area contributed by atoms with Crippen LogP contribution in [0.15, 0.2) is 24.4 Å². The highest BCUT2D eigenvalue weighted by atomic mass is 35.5. The van der Waals surface area contributed by atoms with Gasteiger partial charge in [0.05, 0.1) is 19.4 Å². The topological polar surface area (TPSA) is 62.3 Å². The fourth-order valence-corrected chi connectivity index (χ4v) is 3.74. The van der Waals surface area contributed by atoms with Gasteiger partial charge in [0, 0.05) is 18.2 Å². The third-order valence-electron chi connectivity index (χ3n) is 5.42. The molecule has 2 saturated heterocycles. The SMILES string of the molecule is CN1CCC(c2ccc(Nc3ncc(Cl)c(NCC4COC4)n3)cc2F)CC1. The van der Waals surface area contributed by atoms with E-state index in [-0.39, 0.29) is 11.7 Å². The highest BCUT2D eigenvalue weighted by Crippen LogP contribution is 2.31. The lowest BCUT2D eigenvalue weighted by Gasteiger charge is -2.29. The maximum Gasteiger partial charge on any atom is 0.229 e. The summed E-state index contributed by atoms with van der Waals surface area (Å²) in [4.78, 5) is 10.9. The summed E-state index contributed by atoms with van der Waals surface area (Å²) in [5.74, 6) is 1.52. The van der Waals surface area contributed by atoms with Crippen LogP contribution in [0.1, 0.15) is 24.3 Å². The molecule has 0 atom stereocenters. The molecule has 0 aliphatic carbocycles. The fourth-order valence-electron chi connectivity index (χ4n) is 3.58. The lowest BCUT2D eigenvalue weighted by molar-refractivity contribution is -0.0248. The number of rotatable bonds is 6. The molecular weight excluding hydrogens is 381 g/mol. The molecule has 0 spiro atoms. The molecule has 1 aromatic heterocycles. The summed E-state index contributed by atoms with van der Waals surface area (Å²) in [5, 5.41) is 6.75. The standard InChI is InChI=1S/C20H25ClFN5O/c1-27-6-4-14(5-7-27)16-3-2-15(8-18(16)22)25-20-24-10-17(21)19(26-20)23-9-13-11-28-12-13/h2-3,8,10,13-14H,4-7,9,11-12H2,1H3,(H2,23,24,25,26). The van der Waals surface area contributed by atoms with Gasteiger partial charge in [0.25, 0.3) is 0 Å². The minimum Gasteiger partial charge on any atom is -0.381 e. The highest BCUT2D eigenvalue weighted by Gasteiger charge is 2.21. The number of benzene rings is 1. The van der Waals surface area contributed by atoms with E-state index in [1.54, 1.807) is 6.20 Å². The monoisotopic (exact) mass is 405 g/mol. The molecule has 8 heteroatoms. The predicted molar refractivity (Wildman–Crippen MR) is 109 cm³/mol. The van der Waals surface area contributed by atoms with Gasteiger partial charge in [-0.3, -0.25) is 0 Å². The number of nitrogens with one attached hydrogen (secondary N) is 2. The molecule has 6 nitrogen and oxygen atoms in total. The highest BCUT2D eigenvalue weighted by molar-refractivity contribution is 6.32. The summed E-state index contributed by atoms with van der Waals surface area (Å²) in [6.07, 6.45) is 3.52. The largest absolute Gasteiger partial charge is 0.381 e. The van der Waals surface area contributed by atoms with Crippen molar-refractivity contribution in [3.05, 3.63) is 40.8 Å². The lowest BCUT2D eigenvalue weighted by atomic mass is 9.89. The Bertz CT molecular complexity index is 824. The van der Waals surface area contributed by atoms with Crippen LogP contribution < -0.4 is 10.6 Å². The van der Waals surface area contributed by atoms with Gasteiger partial charge in [0.2, 0.25) is 5.95 Å². The average Bonchev–Trinajstić information content (AvgIpc) is 2.64. The molecule has 0 amide bonds. The Kier molecular flexibility index (Phi) is 5.94. The third-order valence-corrected chi connectivity index (χ3v) is 5.70. The summed E-state index contributed by atoms with van der Waals surface area (Å²) in [5.41, 5.74) is 1.41. The van der Waals surface area contributed by atoms with Gasteiger partial charge in [0.15, 0.2) is 5.82 Å². The summed E-state index contributed by atoms with van der Waals surface area (Å²) >= 11 is 6.18. The lowest BCUT2D eigenvalue weighted by Crippen LogP contribution is -2.33. The minimum absolute atomic E-state index is 0.183. The van der Waals surface area contributed by atoms with Gasteiger partial charge in [-0.2, -0.15) is 4.98 Å². The number of ether oxygens (including phenoxy) is 1. The Hall–Kier alpha value is -1.96. The first kappa shape index (κ1) is 19.4. The molecule has 0 saturated carbocycles. The number of piperidine rings is 1. The second-order valence-corrected chi connectivity index (χ2v) is 8.02. The molecule has 0 unspecified atom stereocenters. The van der Waals surface area contributed by atoms with Gasteiger partial charge >= 0.3 is 0 Å². The fraction of sp³-hybridized carbons (Fsp3) is 0.500. The molecule has 0 bridgehead atoms. The Labute approximate surface area is 169 Å². The van der Waals surface area contributed by atoms with Gasteiger partial charge in [-0.25, -0.2) is 9.37 Å². The van der Waals surface area contributed by atoms with Crippen LogP contribution >= 0.6 is 11.6 Å². The van der Waals surface area contributed by atoms with E-state index in [0.29, 0.717) is 28.4 Å². The second kappa shape index (κ2) is 8.59. The van der Waals surface area contributed by atoms with Gasteiger partial charge in [0.1, 0.15) is 10.8 Å². The van der Waals surface area contributed by atoms with E-state index in [4.69, 9.17) is 16.3 Å². The smallest absolute Gasteiger partial charge is 0.229 e. The van der Waals surface area contributed by atoms with Crippen LogP contribution in [-0.4, -0.2) is 54.8 Å². The molecule has 3 heterocycles. The maximum absolute atomic E-state index is 14.7. The van der Waals surface area contributed by atoms with Crippen molar-refractivity contribution in [3.8, 4) is 0 Å². The van der Waals surface area contributed by atoms with E-state index in [0.717, 1.165) is 51.3 Å². The third kappa shape index (κ3) is 4.54. The molecule has 2 fully saturated rings. The molecule has 1 aromatic carbocycles. The number of aromatic nitrogens is 2. The van der Waals surface area contributed by atoms with E-state index in [9.17, 15) is 4.39 Å². The molecule has 2 aromatic rings. The number of halogens is 2. The number of hydrogen-bond acceptors (Lipinski definition) is 6. The van der Waals surface area contributed by atoms with Gasteiger partial charge in [-0.15, -0.1) is 0 Å². The van der Waals surface area contributed by atoms with Crippen molar-refractivity contribution in [2.24, 2.45) is 5.92 Å². The summed E-state index contributed by atoms with van der Waals surface area (Å²) < 4.78 is 19.9. The average molecular weight is 406 g/mol. The Balaban J connectivity index is 1.42. The van der Waals surface area contributed by atoms with Crippen molar-refractivity contribution in [2.45, 2.75) is 18.8 Å². The zero-order chi connectivity index (χ0) is 19.5. The minimum atomic E-state index is -0.183. The van der Waals surface area contributed by atoms with Crippen molar-refractivity contribution in [3.63, 3.8) is 0 Å². The van der Waals surface area contributed by atoms with Crippen LogP contribution in [0.5, 0.6) is 0 Å². The van der Waals surface area contributed by atoms with Crippen molar-refractivity contribution in [1.29, 1.82) is 0 Å². The first-order valence-electron chi connectivity index (χ1n) is 9.67. The van der Waals surface area contributed by atoms with Crippen LogP contribution in [-0.2, 0) is 4.74 Å². The molecule has 2 aliphatic rings. The van der Waals surface area contributed by atoms with Crippen LogP contribution in [0.4, 0.5) is 21.8 Å². The van der Waals surface area contributed by atoms with Crippen LogP contribution in [0, 0.1) is 11.7 Å². The first-order valence-corrected chi connectivity index (χ1v) is 10.1. The maximum atomic E-state index is 14.7. The summed E-state index contributed by atoms with van der Waals surface area (Å²) in [6.45, 7) is 4.26. The number of nitrogens with zero attached hydrogens (tertiary/aromatic N) is 3. The quantitative estimate of drug-likeness (QED) is 0.760. The van der Waals surface area contributed by atoms with E-state index in [2.05, 4.69) is 32.5 Å². The van der Waals surface area contributed by atoms with Crippen molar-refractivity contribution >= 4 is 29.1 Å². The zero-order valence-corrected chi connectivity index (χ0v) is 16.7. The van der Waals surface area contributed by atoms with Crippen LogP contribution in [0.25, 0.3) is 0 Å². The molecule has 2 aliphatic heterocycles. The number of hydrogen-bond donors (Lipinski definition) is 2. The Morgan fingerprint density at radius 1 is 1.29 bits per heavy atom.